The molecular weight excluding hydrogens is 264 g/mol. The quantitative estimate of drug-likeness (QED) is 0.897. The first kappa shape index (κ1) is 14.1. The van der Waals surface area contributed by atoms with Crippen molar-refractivity contribution in [1.29, 1.82) is 0 Å². The molecule has 2 N–H and O–H groups in total. The predicted molar refractivity (Wildman–Crippen MR) is 82.0 cm³/mol. The molecule has 3 rings (SSSR count). The maximum Gasteiger partial charge on any atom is 0.228 e. The largest absolute Gasteiger partial charge is 0.355 e. The second kappa shape index (κ2) is 6.29. The average molecular weight is 286 g/mol. The van der Waals surface area contributed by atoms with Crippen LogP contribution in [-0.4, -0.2) is 18.4 Å². The summed E-state index contributed by atoms with van der Waals surface area (Å²) in [4.78, 5) is 24.2. The smallest absolute Gasteiger partial charge is 0.228 e. The Kier molecular flexibility index (Phi) is 4.23. The summed E-state index contributed by atoms with van der Waals surface area (Å²) < 4.78 is 0. The summed E-state index contributed by atoms with van der Waals surface area (Å²) in [5.74, 6) is 0.170. The van der Waals surface area contributed by atoms with E-state index in [1.807, 2.05) is 24.3 Å². The van der Waals surface area contributed by atoms with Crippen molar-refractivity contribution in [3.63, 3.8) is 0 Å². The molecule has 1 aliphatic carbocycles. The summed E-state index contributed by atoms with van der Waals surface area (Å²) in [5, 5.41) is 5.90. The van der Waals surface area contributed by atoms with E-state index in [9.17, 15) is 9.59 Å². The Bertz CT molecular complexity index is 535. The molecular formula is C17H22N2O2. The molecule has 0 radical (unpaired) electrons. The first-order valence-corrected chi connectivity index (χ1v) is 7.90. The van der Waals surface area contributed by atoms with Gasteiger partial charge in [0.1, 0.15) is 0 Å². The number of hydrogen-bond acceptors (Lipinski definition) is 2. The first-order chi connectivity index (χ1) is 10.2. The molecule has 4 heteroatoms. The Morgan fingerprint density at radius 2 is 1.95 bits per heavy atom. The van der Waals surface area contributed by atoms with Crippen LogP contribution in [0.25, 0.3) is 0 Å². The van der Waals surface area contributed by atoms with E-state index in [0.717, 1.165) is 17.8 Å². The number of fused-ring (bicyclic) bond motifs is 1. The minimum atomic E-state index is -0.349. The van der Waals surface area contributed by atoms with Gasteiger partial charge in [-0.2, -0.15) is 0 Å². The molecule has 2 amide bonds. The highest BCUT2D eigenvalue weighted by molar-refractivity contribution is 6.01. The third kappa shape index (κ3) is 3.26. The van der Waals surface area contributed by atoms with Gasteiger partial charge in [-0.1, -0.05) is 37.5 Å². The van der Waals surface area contributed by atoms with Crippen molar-refractivity contribution in [2.75, 3.05) is 11.9 Å². The lowest BCUT2D eigenvalue weighted by Crippen LogP contribution is -2.37. The molecule has 0 spiro atoms. The van der Waals surface area contributed by atoms with Crippen molar-refractivity contribution in [3.8, 4) is 0 Å². The van der Waals surface area contributed by atoms with E-state index in [-0.39, 0.29) is 24.2 Å². The molecule has 4 nitrogen and oxygen atoms in total. The van der Waals surface area contributed by atoms with Gasteiger partial charge in [0.2, 0.25) is 11.8 Å². The van der Waals surface area contributed by atoms with Crippen LogP contribution in [0.2, 0.25) is 0 Å². The standard InChI is InChI=1S/C17H22N2O2/c20-16-10-14(13-8-4-5-9-15(13)19-16)17(21)18-11-12-6-2-1-3-7-12/h4-5,8-9,12,14H,1-3,6-7,10-11H2,(H,18,21)(H,19,20). The van der Waals surface area contributed by atoms with Crippen LogP contribution in [0.3, 0.4) is 0 Å². The SMILES string of the molecule is O=C1CC(C(=O)NCC2CCCCC2)c2ccccc2N1. The molecule has 2 aliphatic rings. The number of amides is 2. The highest BCUT2D eigenvalue weighted by Gasteiger charge is 2.30. The number of anilines is 1. The zero-order chi connectivity index (χ0) is 14.7. The van der Waals surface area contributed by atoms with Crippen molar-refractivity contribution in [2.24, 2.45) is 5.92 Å². The van der Waals surface area contributed by atoms with Crippen molar-refractivity contribution >= 4 is 17.5 Å². The van der Waals surface area contributed by atoms with Crippen molar-refractivity contribution < 1.29 is 9.59 Å². The Hall–Kier alpha value is -1.84. The summed E-state index contributed by atoms with van der Waals surface area (Å²) in [6.45, 7) is 0.749. The summed E-state index contributed by atoms with van der Waals surface area (Å²) in [6, 6.07) is 7.58. The van der Waals surface area contributed by atoms with E-state index in [1.54, 1.807) is 0 Å². The van der Waals surface area contributed by atoms with E-state index in [1.165, 1.54) is 32.1 Å². The van der Waals surface area contributed by atoms with Crippen LogP contribution in [0.5, 0.6) is 0 Å². The molecule has 1 aromatic rings. The molecule has 0 saturated heterocycles. The molecule has 1 aromatic carbocycles. The number of benzene rings is 1. The van der Waals surface area contributed by atoms with Gasteiger partial charge in [-0.3, -0.25) is 9.59 Å². The summed E-state index contributed by atoms with van der Waals surface area (Å²) in [7, 11) is 0. The van der Waals surface area contributed by atoms with E-state index in [4.69, 9.17) is 0 Å². The minimum Gasteiger partial charge on any atom is -0.355 e. The second-order valence-corrected chi connectivity index (χ2v) is 6.14. The van der Waals surface area contributed by atoms with Crippen LogP contribution in [0.15, 0.2) is 24.3 Å². The number of hydrogen-bond donors (Lipinski definition) is 2. The molecule has 21 heavy (non-hydrogen) atoms. The fourth-order valence-electron chi connectivity index (χ4n) is 3.40. The monoisotopic (exact) mass is 286 g/mol. The second-order valence-electron chi connectivity index (χ2n) is 6.14. The third-order valence-corrected chi connectivity index (χ3v) is 4.61. The molecule has 1 fully saturated rings. The maximum atomic E-state index is 12.5. The van der Waals surface area contributed by atoms with Gasteiger partial charge in [0, 0.05) is 18.7 Å². The van der Waals surface area contributed by atoms with E-state index < -0.39 is 0 Å². The third-order valence-electron chi connectivity index (χ3n) is 4.61. The lowest BCUT2D eigenvalue weighted by atomic mass is 9.88. The van der Waals surface area contributed by atoms with Gasteiger partial charge in [0.25, 0.3) is 0 Å². The summed E-state index contributed by atoms with van der Waals surface area (Å²) in [6.07, 6.45) is 6.53. The summed E-state index contributed by atoms with van der Waals surface area (Å²) >= 11 is 0. The molecule has 1 atom stereocenters. The highest BCUT2D eigenvalue weighted by atomic mass is 16.2. The molecule has 1 aliphatic heterocycles. The molecule has 0 aromatic heterocycles. The average Bonchev–Trinajstić information content (AvgIpc) is 2.52. The Balaban J connectivity index is 1.65. The minimum absolute atomic E-state index is 0.0112. The van der Waals surface area contributed by atoms with Gasteiger partial charge in [-0.05, 0) is 30.4 Å². The van der Waals surface area contributed by atoms with Gasteiger partial charge < -0.3 is 10.6 Å². The number of rotatable bonds is 3. The number of para-hydroxylation sites is 1. The van der Waals surface area contributed by atoms with Crippen LogP contribution in [-0.2, 0) is 9.59 Å². The lowest BCUT2D eigenvalue weighted by Gasteiger charge is -2.26. The number of carbonyl (C=O) groups excluding carboxylic acids is 2. The van der Waals surface area contributed by atoms with Gasteiger partial charge in [0.15, 0.2) is 0 Å². The van der Waals surface area contributed by atoms with Crippen molar-refractivity contribution in [2.45, 2.75) is 44.4 Å². The Labute approximate surface area is 125 Å². The predicted octanol–water partition coefficient (Wildman–Crippen LogP) is 2.81. The zero-order valence-electron chi connectivity index (χ0n) is 12.2. The fourth-order valence-corrected chi connectivity index (χ4v) is 3.40. The molecule has 112 valence electrons. The molecule has 1 heterocycles. The van der Waals surface area contributed by atoms with Crippen LogP contribution in [0, 0.1) is 5.92 Å². The van der Waals surface area contributed by atoms with Gasteiger partial charge >= 0.3 is 0 Å². The van der Waals surface area contributed by atoms with E-state index in [2.05, 4.69) is 10.6 Å². The number of carbonyl (C=O) groups is 2. The topological polar surface area (TPSA) is 58.2 Å². The van der Waals surface area contributed by atoms with Crippen molar-refractivity contribution in [3.05, 3.63) is 29.8 Å². The van der Waals surface area contributed by atoms with Crippen LogP contribution in [0.1, 0.15) is 50.0 Å². The van der Waals surface area contributed by atoms with Gasteiger partial charge in [-0.15, -0.1) is 0 Å². The highest BCUT2D eigenvalue weighted by Crippen LogP contribution is 2.32. The first-order valence-electron chi connectivity index (χ1n) is 7.90. The van der Waals surface area contributed by atoms with Gasteiger partial charge in [0.05, 0.1) is 5.92 Å². The normalized spacial score (nSPS) is 22.3. The Morgan fingerprint density at radius 3 is 2.76 bits per heavy atom. The van der Waals surface area contributed by atoms with E-state index >= 15 is 0 Å². The van der Waals surface area contributed by atoms with Crippen LogP contribution < -0.4 is 10.6 Å². The van der Waals surface area contributed by atoms with Crippen LogP contribution in [0.4, 0.5) is 5.69 Å². The molecule has 0 bridgehead atoms. The molecule has 1 unspecified atom stereocenters. The summed E-state index contributed by atoms with van der Waals surface area (Å²) in [5.41, 5.74) is 1.70. The van der Waals surface area contributed by atoms with Crippen LogP contribution >= 0.6 is 0 Å². The van der Waals surface area contributed by atoms with E-state index in [0.29, 0.717) is 5.92 Å². The maximum absolute atomic E-state index is 12.5. The Morgan fingerprint density at radius 1 is 1.19 bits per heavy atom. The number of nitrogens with one attached hydrogen (secondary N) is 2. The zero-order valence-corrected chi connectivity index (χ0v) is 12.2. The lowest BCUT2D eigenvalue weighted by molar-refractivity contribution is -0.126. The fraction of sp³-hybridized carbons (Fsp3) is 0.529. The molecule has 1 saturated carbocycles. The van der Waals surface area contributed by atoms with Crippen molar-refractivity contribution in [1.82, 2.24) is 5.32 Å². The van der Waals surface area contributed by atoms with Gasteiger partial charge in [-0.25, -0.2) is 0 Å².